The third-order valence-electron chi connectivity index (χ3n) is 4.75. The maximum atomic E-state index is 6.06. The standard InChI is InChI=1S/C20H26N2O/c1-2-16(17-7-4-3-5-8-17)15-22-19-9-6-14-23-20(19)18-10-12-21-13-11-18/h3-5,7-8,10-13,16,19-20,22H,2,6,9,14-15H2,1H3/t16-,19-,20+/m0/s1. The van der Waals surface area contributed by atoms with Gasteiger partial charge in [-0.3, -0.25) is 4.98 Å². The number of benzene rings is 1. The van der Waals surface area contributed by atoms with Crippen molar-refractivity contribution in [1.29, 1.82) is 0 Å². The third-order valence-corrected chi connectivity index (χ3v) is 4.75. The molecule has 0 spiro atoms. The third kappa shape index (κ3) is 4.18. The highest BCUT2D eigenvalue weighted by molar-refractivity contribution is 5.20. The molecule has 0 aliphatic carbocycles. The van der Waals surface area contributed by atoms with Crippen LogP contribution in [0.1, 0.15) is 49.3 Å². The van der Waals surface area contributed by atoms with Gasteiger partial charge in [-0.25, -0.2) is 0 Å². The minimum absolute atomic E-state index is 0.139. The van der Waals surface area contributed by atoms with Crippen LogP contribution in [-0.4, -0.2) is 24.2 Å². The number of pyridine rings is 1. The summed E-state index contributed by atoms with van der Waals surface area (Å²) in [6, 6.07) is 15.3. The maximum Gasteiger partial charge on any atom is 0.0978 e. The van der Waals surface area contributed by atoms with E-state index in [1.54, 1.807) is 0 Å². The second-order valence-electron chi connectivity index (χ2n) is 6.24. The average molecular weight is 310 g/mol. The quantitative estimate of drug-likeness (QED) is 0.873. The van der Waals surface area contributed by atoms with Gasteiger partial charge < -0.3 is 10.1 Å². The summed E-state index contributed by atoms with van der Waals surface area (Å²) in [6.07, 6.45) is 7.27. The van der Waals surface area contributed by atoms with Gasteiger partial charge >= 0.3 is 0 Å². The molecule has 3 atom stereocenters. The minimum atomic E-state index is 0.139. The molecule has 1 saturated heterocycles. The summed E-state index contributed by atoms with van der Waals surface area (Å²) >= 11 is 0. The highest BCUT2D eigenvalue weighted by Gasteiger charge is 2.27. The molecule has 1 aromatic heterocycles. The minimum Gasteiger partial charge on any atom is -0.372 e. The smallest absolute Gasteiger partial charge is 0.0978 e. The van der Waals surface area contributed by atoms with Crippen LogP contribution in [0.2, 0.25) is 0 Å². The van der Waals surface area contributed by atoms with Crippen LogP contribution >= 0.6 is 0 Å². The number of aromatic nitrogens is 1. The Bertz CT molecular complexity index is 573. The summed E-state index contributed by atoms with van der Waals surface area (Å²) in [5, 5.41) is 3.77. The fourth-order valence-corrected chi connectivity index (χ4v) is 3.39. The van der Waals surface area contributed by atoms with E-state index in [0.29, 0.717) is 12.0 Å². The second-order valence-corrected chi connectivity index (χ2v) is 6.24. The van der Waals surface area contributed by atoms with Crippen LogP contribution < -0.4 is 5.32 Å². The van der Waals surface area contributed by atoms with Crippen LogP contribution in [0, 0.1) is 0 Å². The van der Waals surface area contributed by atoms with Crippen molar-refractivity contribution in [3.05, 3.63) is 66.0 Å². The molecule has 3 nitrogen and oxygen atoms in total. The van der Waals surface area contributed by atoms with Crippen LogP contribution in [0.25, 0.3) is 0 Å². The van der Waals surface area contributed by atoms with Gasteiger partial charge in [-0.2, -0.15) is 0 Å². The van der Waals surface area contributed by atoms with Crippen molar-refractivity contribution >= 4 is 0 Å². The first-order valence-corrected chi connectivity index (χ1v) is 8.68. The van der Waals surface area contributed by atoms with E-state index in [-0.39, 0.29) is 6.10 Å². The van der Waals surface area contributed by atoms with Crippen LogP contribution in [0.15, 0.2) is 54.9 Å². The molecule has 0 amide bonds. The van der Waals surface area contributed by atoms with Crippen molar-refractivity contribution in [2.75, 3.05) is 13.2 Å². The molecule has 3 rings (SSSR count). The summed E-state index contributed by atoms with van der Waals surface area (Å²) in [4.78, 5) is 4.12. The van der Waals surface area contributed by atoms with E-state index in [1.165, 1.54) is 11.1 Å². The first-order valence-electron chi connectivity index (χ1n) is 8.68. The molecule has 2 heterocycles. The van der Waals surface area contributed by atoms with Gasteiger partial charge in [0.15, 0.2) is 0 Å². The molecule has 1 aliphatic heterocycles. The van der Waals surface area contributed by atoms with Gasteiger partial charge in [-0.05, 0) is 48.4 Å². The molecule has 1 aromatic carbocycles. The van der Waals surface area contributed by atoms with Gasteiger partial charge in [0.05, 0.1) is 6.10 Å². The van der Waals surface area contributed by atoms with Gasteiger partial charge in [0.1, 0.15) is 0 Å². The Hall–Kier alpha value is -1.71. The van der Waals surface area contributed by atoms with Gasteiger partial charge in [0, 0.05) is 31.6 Å². The first-order chi connectivity index (χ1) is 11.4. The lowest BCUT2D eigenvalue weighted by Gasteiger charge is -2.34. The molecular formula is C20H26N2O. The summed E-state index contributed by atoms with van der Waals surface area (Å²) in [7, 11) is 0. The first kappa shape index (κ1) is 16.2. The number of hydrogen-bond acceptors (Lipinski definition) is 3. The zero-order valence-electron chi connectivity index (χ0n) is 13.8. The van der Waals surface area contributed by atoms with Crippen molar-refractivity contribution in [3.8, 4) is 0 Å². The number of hydrogen-bond donors (Lipinski definition) is 1. The highest BCUT2D eigenvalue weighted by atomic mass is 16.5. The van der Waals surface area contributed by atoms with Crippen molar-refractivity contribution < 1.29 is 4.74 Å². The topological polar surface area (TPSA) is 34.1 Å². The van der Waals surface area contributed by atoms with E-state index >= 15 is 0 Å². The number of rotatable bonds is 6. The number of nitrogens with one attached hydrogen (secondary N) is 1. The van der Waals surface area contributed by atoms with Gasteiger partial charge in [0.25, 0.3) is 0 Å². The molecule has 1 fully saturated rings. The van der Waals surface area contributed by atoms with E-state index in [0.717, 1.165) is 32.4 Å². The van der Waals surface area contributed by atoms with Crippen molar-refractivity contribution in [2.45, 2.75) is 44.2 Å². The van der Waals surface area contributed by atoms with Gasteiger partial charge in [-0.1, -0.05) is 37.3 Å². The van der Waals surface area contributed by atoms with Crippen LogP contribution in [-0.2, 0) is 4.74 Å². The Morgan fingerprint density at radius 3 is 2.70 bits per heavy atom. The van der Waals surface area contributed by atoms with E-state index in [4.69, 9.17) is 4.74 Å². The van der Waals surface area contributed by atoms with E-state index in [1.807, 2.05) is 12.4 Å². The fraction of sp³-hybridized carbons (Fsp3) is 0.450. The molecule has 3 heteroatoms. The normalized spacial score (nSPS) is 22.7. The lowest BCUT2D eigenvalue weighted by molar-refractivity contribution is -0.0110. The zero-order valence-corrected chi connectivity index (χ0v) is 13.8. The molecule has 2 aromatic rings. The SMILES string of the molecule is CC[C@@H](CN[C@H]1CCCO[C@@H]1c1ccncc1)c1ccccc1. The summed E-state index contributed by atoms with van der Waals surface area (Å²) < 4.78 is 6.06. The molecule has 1 aliphatic rings. The number of ether oxygens (including phenoxy) is 1. The summed E-state index contributed by atoms with van der Waals surface area (Å²) in [5.41, 5.74) is 2.64. The molecular weight excluding hydrogens is 284 g/mol. The second kappa shape index (κ2) is 8.23. The molecule has 23 heavy (non-hydrogen) atoms. The molecule has 1 N–H and O–H groups in total. The molecule has 0 bridgehead atoms. The predicted molar refractivity (Wildman–Crippen MR) is 93.4 cm³/mol. The zero-order chi connectivity index (χ0) is 15.9. The van der Waals surface area contributed by atoms with Crippen LogP contribution in [0.5, 0.6) is 0 Å². The van der Waals surface area contributed by atoms with Crippen LogP contribution in [0.3, 0.4) is 0 Å². The molecule has 0 unspecified atom stereocenters. The Morgan fingerprint density at radius 1 is 1.17 bits per heavy atom. The summed E-state index contributed by atoms with van der Waals surface area (Å²) in [6.45, 7) is 4.11. The Balaban J connectivity index is 1.65. The largest absolute Gasteiger partial charge is 0.372 e. The Kier molecular flexibility index (Phi) is 5.78. The Labute approximate surface area is 139 Å². The molecule has 0 radical (unpaired) electrons. The van der Waals surface area contributed by atoms with E-state index in [9.17, 15) is 0 Å². The van der Waals surface area contributed by atoms with Crippen LogP contribution in [0.4, 0.5) is 0 Å². The monoisotopic (exact) mass is 310 g/mol. The predicted octanol–water partition coefficient (Wildman–Crippen LogP) is 4.09. The average Bonchev–Trinajstić information content (AvgIpc) is 2.64. The lowest BCUT2D eigenvalue weighted by atomic mass is 9.93. The van der Waals surface area contributed by atoms with E-state index < -0.39 is 0 Å². The fourth-order valence-electron chi connectivity index (χ4n) is 3.39. The van der Waals surface area contributed by atoms with Crippen molar-refractivity contribution in [2.24, 2.45) is 0 Å². The lowest BCUT2D eigenvalue weighted by Crippen LogP contribution is -2.41. The van der Waals surface area contributed by atoms with Crippen molar-refractivity contribution in [3.63, 3.8) is 0 Å². The maximum absolute atomic E-state index is 6.06. The van der Waals surface area contributed by atoms with Gasteiger partial charge in [0.2, 0.25) is 0 Å². The van der Waals surface area contributed by atoms with Gasteiger partial charge in [-0.15, -0.1) is 0 Å². The summed E-state index contributed by atoms with van der Waals surface area (Å²) in [5.74, 6) is 0.552. The molecule has 0 saturated carbocycles. The highest BCUT2D eigenvalue weighted by Crippen LogP contribution is 2.29. The Morgan fingerprint density at radius 2 is 1.96 bits per heavy atom. The molecule has 122 valence electrons. The van der Waals surface area contributed by atoms with Crippen molar-refractivity contribution in [1.82, 2.24) is 10.3 Å². The number of nitrogens with zero attached hydrogens (tertiary/aromatic N) is 1. The van der Waals surface area contributed by atoms with E-state index in [2.05, 4.69) is 59.7 Å².